The first-order valence-corrected chi connectivity index (χ1v) is 10.6. The normalized spacial score (nSPS) is 10.8. The van der Waals surface area contributed by atoms with Crippen LogP contribution in [0.5, 0.6) is 5.75 Å². The van der Waals surface area contributed by atoms with Crippen molar-refractivity contribution in [2.24, 2.45) is 0 Å². The van der Waals surface area contributed by atoms with Crippen LogP contribution in [0.4, 0.5) is 5.69 Å². The fourth-order valence-corrected chi connectivity index (χ4v) is 3.92. The second-order valence-electron chi connectivity index (χ2n) is 7.28. The molecule has 6 heteroatoms. The summed E-state index contributed by atoms with van der Waals surface area (Å²) in [7, 11) is 1.59. The number of aryl methyl sites for hydroxylation is 1. The van der Waals surface area contributed by atoms with Crippen molar-refractivity contribution in [2.75, 3.05) is 12.0 Å². The molecule has 1 heterocycles. The molecule has 0 radical (unpaired) electrons. The van der Waals surface area contributed by atoms with Crippen molar-refractivity contribution < 1.29 is 9.53 Å². The number of benzene rings is 3. The third-order valence-corrected chi connectivity index (χ3v) is 5.83. The van der Waals surface area contributed by atoms with E-state index in [1.165, 1.54) is 0 Å². The summed E-state index contributed by atoms with van der Waals surface area (Å²) < 4.78 is 5.94. The second kappa shape index (κ2) is 8.78. The Morgan fingerprint density at radius 2 is 1.77 bits per heavy atom. The number of carbonyl (C=O) groups is 1. The minimum Gasteiger partial charge on any atom is -0.497 e. The Bertz CT molecular complexity index is 1310. The number of nitrogens with one attached hydrogen (secondary N) is 1. The number of pyridine rings is 1. The third kappa shape index (κ3) is 4.39. The quantitative estimate of drug-likeness (QED) is 0.416. The first-order valence-electron chi connectivity index (χ1n) is 9.79. The van der Waals surface area contributed by atoms with Crippen LogP contribution >= 0.6 is 15.9 Å². The van der Waals surface area contributed by atoms with Crippen LogP contribution in [0.3, 0.4) is 0 Å². The van der Waals surface area contributed by atoms with Crippen LogP contribution in [0.25, 0.3) is 10.9 Å². The van der Waals surface area contributed by atoms with Gasteiger partial charge in [0.25, 0.3) is 11.5 Å². The maximum absolute atomic E-state index is 13.5. The predicted octanol–water partition coefficient (Wildman–Crippen LogP) is 5.45. The van der Waals surface area contributed by atoms with E-state index in [2.05, 4.69) is 20.9 Å². The van der Waals surface area contributed by atoms with E-state index < -0.39 is 0 Å². The van der Waals surface area contributed by atoms with Gasteiger partial charge in [-0.1, -0.05) is 24.3 Å². The summed E-state index contributed by atoms with van der Waals surface area (Å²) >= 11 is 3.46. The van der Waals surface area contributed by atoms with Gasteiger partial charge in [-0.2, -0.15) is 0 Å². The fourth-order valence-electron chi connectivity index (χ4n) is 3.47. The lowest BCUT2D eigenvalue weighted by Gasteiger charge is -2.24. The Labute approximate surface area is 188 Å². The molecule has 0 bridgehead atoms. The Morgan fingerprint density at radius 3 is 2.48 bits per heavy atom. The second-order valence-corrected chi connectivity index (χ2v) is 8.14. The highest BCUT2D eigenvalue weighted by Crippen LogP contribution is 2.26. The van der Waals surface area contributed by atoms with Gasteiger partial charge >= 0.3 is 0 Å². The molecular formula is C25H21BrN2O3. The van der Waals surface area contributed by atoms with E-state index in [4.69, 9.17) is 4.74 Å². The molecule has 156 valence electrons. The number of halogens is 1. The number of methoxy groups -OCH3 is 1. The molecule has 31 heavy (non-hydrogen) atoms. The number of ether oxygens (including phenoxy) is 1. The summed E-state index contributed by atoms with van der Waals surface area (Å²) in [5.74, 6) is 0.483. The number of fused-ring (bicyclic) bond motifs is 1. The van der Waals surface area contributed by atoms with Crippen molar-refractivity contribution in [1.82, 2.24) is 4.98 Å². The highest BCUT2D eigenvalue weighted by Gasteiger charge is 2.21. The molecule has 0 aliphatic carbocycles. The number of nitrogens with zero attached hydrogens (tertiary/aromatic N) is 1. The first kappa shape index (κ1) is 20.9. The summed E-state index contributed by atoms with van der Waals surface area (Å²) in [5.41, 5.74) is 3.34. The van der Waals surface area contributed by atoms with Crippen LogP contribution in [-0.4, -0.2) is 18.0 Å². The van der Waals surface area contributed by atoms with Gasteiger partial charge in [0.15, 0.2) is 0 Å². The number of anilines is 1. The zero-order valence-electron chi connectivity index (χ0n) is 17.2. The van der Waals surface area contributed by atoms with Gasteiger partial charge in [0.1, 0.15) is 5.75 Å². The fraction of sp³-hybridized carbons (Fsp3) is 0.120. The summed E-state index contributed by atoms with van der Waals surface area (Å²) in [6.07, 6.45) is 0. The van der Waals surface area contributed by atoms with Gasteiger partial charge in [0, 0.05) is 21.2 Å². The maximum atomic E-state index is 13.5. The highest BCUT2D eigenvalue weighted by molar-refractivity contribution is 9.10. The van der Waals surface area contributed by atoms with Crippen molar-refractivity contribution in [1.29, 1.82) is 0 Å². The van der Waals surface area contributed by atoms with Gasteiger partial charge in [-0.05, 0) is 82.3 Å². The summed E-state index contributed by atoms with van der Waals surface area (Å²) in [5, 5.41) is 0.920. The lowest BCUT2D eigenvalue weighted by Crippen LogP contribution is -2.33. The first-order chi connectivity index (χ1) is 15.0. The van der Waals surface area contributed by atoms with Crippen molar-refractivity contribution in [3.05, 3.63) is 104 Å². The van der Waals surface area contributed by atoms with Gasteiger partial charge in [-0.25, -0.2) is 0 Å². The van der Waals surface area contributed by atoms with Crippen molar-refractivity contribution >= 4 is 38.4 Å². The molecule has 0 spiro atoms. The molecular weight excluding hydrogens is 456 g/mol. The average molecular weight is 477 g/mol. The van der Waals surface area contributed by atoms with E-state index in [9.17, 15) is 9.59 Å². The standard InChI is InChI=1S/C25H21BrN2O3/c1-16-7-8-17-14-18(24(29)27-23(17)13-16)15-28(19-9-11-20(31-2)12-10-19)25(30)21-5-3-4-6-22(21)26/h3-14H,15H2,1-2H3,(H,27,29). The lowest BCUT2D eigenvalue weighted by molar-refractivity contribution is 0.0984. The number of aromatic nitrogens is 1. The van der Waals surface area contributed by atoms with E-state index in [0.29, 0.717) is 27.0 Å². The molecule has 4 aromatic rings. The van der Waals surface area contributed by atoms with Gasteiger partial charge in [0.2, 0.25) is 0 Å². The number of hydrogen-bond acceptors (Lipinski definition) is 3. The molecule has 0 aliphatic rings. The van der Waals surface area contributed by atoms with Gasteiger partial charge in [0.05, 0.1) is 19.2 Å². The zero-order chi connectivity index (χ0) is 22.0. The third-order valence-electron chi connectivity index (χ3n) is 5.14. The van der Waals surface area contributed by atoms with Crippen LogP contribution in [0.15, 0.2) is 82.1 Å². The predicted molar refractivity (Wildman–Crippen MR) is 127 cm³/mol. The smallest absolute Gasteiger partial charge is 0.259 e. The van der Waals surface area contributed by atoms with Crippen LogP contribution in [0.1, 0.15) is 21.5 Å². The van der Waals surface area contributed by atoms with Crippen molar-refractivity contribution in [2.45, 2.75) is 13.5 Å². The zero-order valence-corrected chi connectivity index (χ0v) is 18.8. The number of aromatic amines is 1. The molecule has 1 aromatic heterocycles. The van der Waals surface area contributed by atoms with E-state index in [1.807, 2.05) is 61.5 Å². The van der Waals surface area contributed by atoms with Crippen molar-refractivity contribution in [3.63, 3.8) is 0 Å². The van der Waals surface area contributed by atoms with Crippen LogP contribution in [0.2, 0.25) is 0 Å². The van der Waals surface area contributed by atoms with Crippen molar-refractivity contribution in [3.8, 4) is 5.75 Å². The van der Waals surface area contributed by atoms with Gasteiger partial charge < -0.3 is 14.6 Å². The number of rotatable bonds is 5. The molecule has 0 saturated carbocycles. The minimum absolute atomic E-state index is 0.131. The topological polar surface area (TPSA) is 62.4 Å². The molecule has 0 atom stereocenters. The van der Waals surface area contributed by atoms with Crippen LogP contribution < -0.4 is 15.2 Å². The molecule has 3 aromatic carbocycles. The molecule has 1 amide bonds. The van der Waals surface area contributed by atoms with E-state index in [0.717, 1.165) is 16.5 Å². The van der Waals surface area contributed by atoms with Crippen LogP contribution in [-0.2, 0) is 6.54 Å². The molecule has 0 fully saturated rings. The van der Waals surface area contributed by atoms with Gasteiger partial charge in [-0.15, -0.1) is 0 Å². The van der Waals surface area contributed by atoms with E-state index in [1.54, 1.807) is 30.2 Å². The molecule has 5 nitrogen and oxygen atoms in total. The number of amides is 1. The van der Waals surface area contributed by atoms with E-state index >= 15 is 0 Å². The molecule has 0 saturated heterocycles. The SMILES string of the molecule is COc1ccc(N(Cc2cc3ccc(C)cc3[nH]c2=O)C(=O)c2ccccc2Br)cc1. The molecule has 4 rings (SSSR count). The lowest BCUT2D eigenvalue weighted by atomic mass is 10.1. The maximum Gasteiger partial charge on any atom is 0.259 e. The van der Waals surface area contributed by atoms with Gasteiger partial charge in [-0.3, -0.25) is 9.59 Å². The molecule has 0 aliphatic heterocycles. The Balaban J connectivity index is 1.79. The molecule has 1 N–H and O–H groups in total. The van der Waals surface area contributed by atoms with E-state index in [-0.39, 0.29) is 18.0 Å². The molecule has 0 unspecified atom stereocenters. The summed E-state index contributed by atoms with van der Waals surface area (Å²) in [4.78, 5) is 30.9. The monoisotopic (exact) mass is 476 g/mol. The highest BCUT2D eigenvalue weighted by atomic mass is 79.9. The number of carbonyl (C=O) groups excluding carboxylic acids is 1. The number of hydrogen-bond donors (Lipinski definition) is 1. The Kier molecular flexibility index (Phi) is 5.91. The number of H-pyrrole nitrogens is 1. The largest absolute Gasteiger partial charge is 0.497 e. The Hall–Kier alpha value is -3.38. The Morgan fingerprint density at radius 1 is 1.03 bits per heavy atom. The van der Waals surface area contributed by atoms with Crippen LogP contribution in [0, 0.1) is 6.92 Å². The summed E-state index contributed by atoms with van der Waals surface area (Å²) in [6.45, 7) is 2.11. The minimum atomic E-state index is -0.212. The summed E-state index contributed by atoms with van der Waals surface area (Å²) in [6, 6.07) is 22.2. The average Bonchev–Trinajstić information content (AvgIpc) is 2.78.